The Kier molecular flexibility index (Phi) is 8.03. The van der Waals surface area contributed by atoms with E-state index in [0.29, 0.717) is 6.04 Å². The molecule has 0 spiro atoms. The molecule has 0 heterocycles. The van der Waals surface area contributed by atoms with Crippen molar-refractivity contribution in [2.75, 3.05) is 20.6 Å². The minimum atomic E-state index is 0. The average molecular weight is 402 g/mol. The lowest BCUT2D eigenvalue weighted by atomic mass is 10.1. The molecule has 0 saturated heterocycles. The summed E-state index contributed by atoms with van der Waals surface area (Å²) in [5.41, 5.74) is 2.65. The summed E-state index contributed by atoms with van der Waals surface area (Å²) < 4.78 is 0. The second-order valence-electron chi connectivity index (χ2n) is 5.62. The fourth-order valence-corrected chi connectivity index (χ4v) is 2.11. The summed E-state index contributed by atoms with van der Waals surface area (Å²) in [5.74, 6) is 0.939. The predicted molar refractivity (Wildman–Crippen MR) is 100 cm³/mol. The van der Waals surface area contributed by atoms with Crippen molar-refractivity contribution in [2.24, 2.45) is 4.99 Å². The third-order valence-corrected chi connectivity index (χ3v) is 3.27. The minimum Gasteiger partial charge on any atom is -0.357 e. The first kappa shape index (κ1) is 18.2. The van der Waals surface area contributed by atoms with Crippen LogP contribution in [0.1, 0.15) is 30.9 Å². The van der Waals surface area contributed by atoms with E-state index in [4.69, 9.17) is 4.99 Å². The minimum absolute atomic E-state index is 0. The molecule has 1 aliphatic rings. The van der Waals surface area contributed by atoms with Crippen LogP contribution in [0.2, 0.25) is 0 Å². The molecule has 0 unspecified atom stereocenters. The topological polar surface area (TPSA) is 39.7 Å². The Hall–Kier alpha value is -0.820. The van der Waals surface area contributed by atoms with Gasteiger partial charge in [0.25, 0.3) is 0 Å². The Morgan fingerprint density at radius 3 is 2.48 bits per heavy atom. The lowest BCUT2D eigenvalue weighted by Crippen LogP contribution is -2.38. The Balaban J connectivity index is 0.00000220. The molecule has 0 aromatic heterocycles. The second-order valence-corrected chi connectivity index (χ2v) is 5.62. The highest BCUT2D eigenvalue weighted by Gasteiger charge is 2.22. The molecule has 5 heteroatoms. The van der Waals surface area contributed by atoms with Crippen LogP contribution in [-0.2, 0) is 13.1 Å². The summed E-state index contributed by atoms with van der Waals surface area (Å²) in [4.78, 5) is 6.90. The zero-order valence-electron chi connectivity index (χ0n) is 13.2. The van der Waals surface area contributed by atoms with Crippen molar-refractivity contribution >= 4 is 29.9 Å². The van der Waals surface area contributed by atoms with Gasteiger partial charge < -0.3 is 15.5 Å². The number of nitrogens with one attached hydrogen (secondary N) is 2. The van der Waals surface area contributed by atoms with Gasteiger partial charge in [0.1, 0.15) is 0 Å². The van der Waals surface area contributed by atoms with Crippen molar-refractivity contribution in [1.29, 1.82) is 0 Å². The Morgan fingerprint density at radius 1 is 1.24 bits per heavy atom. The molecule has 1 aliphatic carbocycles. The molecule has 0 aliphatic heterocycles. The zero-order chi connectivity index (χ0) is 14.4. The van der Waals surface area contributed by atoms with E-state index in [0.717, 1.165) is 25.6 Å². The maximum atomic E-state index is 4.71. The summed E-state index contributed by atoms with van der Waals surface area (Å²) in [6.07, 6.45) is 2.53. The summed E-state index contributed by atoms with van der Waals surface area (Å²) in [7, 11) is 4.19. The maximum absolute atomic E-state index is 4.71. The molecule has 4 nitrogen and oxygen atoms in total. The second kappa shape index (κ2) is 9.25. The Bertz CT molecular complexity index is 455. The number of benzene rings is 1. The highest BCUT2D eigenvalue weighted by Crippen LogP contribution is 2.18. The normalized spacial score (nSPS) is 14.8. The number of halogens is 1. The Morgan fingerprint density at radius 2 is 1.90 bits per heavy atom. The maximum Gasteiger partial charge on any atom is 0.191 e. The summed E-state index contributed by atoms with van der Waals surface area (Å²) in [6, 6.07) is 9.17. The molecule has 0 amide bonds. The molecule has 0 radical (unpaired) electrons. The van der Waals surface area contributed by atoms with Crippen LogP contribution in [0.4, 0.5) is 0 Å². The summed E-state index contributed by atoms with van der Waals surface area (Å²) in [5, 5.41) is 6.76. The number of hydrogen-bond acceptors (Lipinski definition) is 2. The highest BCUT2D eigenvalue weighted by molar-refractivity contribution is 14.0. The van der Waals surface area contributed by atoms with Crippen LogP contribution < -0.4 is 10.6 Å². The standard InChI is InChI=1S/C16H26N4.HI/c1-4-17-16(19-15-9-10-15)18-11-13-7-5-6-8-14(13)12-20(2)3;/h5-8,15H,4,9-12H2,1-3H3,(H2,17,18,19);1H. The quantitative estimate of drug-likeness (QED) is 0.437. The SMILES string of the molecule is CCNC(=NCc1ccccc1CN(C)C)NC1CC1.I. The van der Waals surface area contributed by atoms with Gasteiger partial charge in [-0.2, -0.15) is 0 Å². The third-order valence-electron chi connectivity index (χ3n) is 3.27. The highest BCUT2D eigenvalue weighted by atomic mass is 127. The number of aliphatic imine (C=N–C) groups is 1. The van der Waals surface area contributed by atoms with Crippen LogP contribution in [-0.4, -0.2) is 37.5 Å². The van der Waals surface area contributed by atoms with E-state index < -0.39 is 0 Å². The van der Waals surface area contributed by atoms with Gasteiger partial charge in [-0.05, 0) is 45.0 Å². The van der Waals surface area contributed by atoms with Crippen LogP contribution in [0, 0.1) is 0 Å². The predicted octanol–water partition coefficient (Wildman–Crippen LogP) is 2.58. The molecule has 21 heavy (non-hydrogen) atoms. The van der Waals surface area contributed by atoms with Gasteiger partial charge in [0.05, 0.1) is 6.54 Å². The summed E-state index contributed by atoms with van der Waals surface area (Å²) in [6.45, 7) is 4.69. The Labute approximate surface area is 145 Å². The average Bonchev–Trinajstić information content (AvgIpc) is 3.21. The molecule has 1 aromatic carbocycles. The van der Waals surface area contributed by atoms with Crippen molar-refractivity contribution in [2.45, 2.75) is 38.9 Å². The van der Waals surface area contributed by atoms with E-state index in [1.807, 2.05) is 0 Å². The van der Waals surface area contributed by atoms with Gasteiger partial charge in [-0.3, -0.25) is 0 Å². The van der Waals surface area contributed by atoms with E-state index in [9.17, 15) is 0 Å². The fourth-order valence-electron chi connectivity index (χ4n) is 2.11. The van der Waals surface area contributed by atoms with E-state index in [2.05, 4.69) is 60.8 Å². The largest absolute Gasteiger partial charge is 0.357 e. The van der Waals surface area contributed by atoms with Gasteiger partial charge >= 0.3 is 0 Å². The van der Waals surface area contributed by atoms with Crippen molar-refractivity contribution in [3.8, 4) is 0 Å². The number of rotatable bonds is 6. The van der Waals surface area contributed by atoms with Gasteiger partial charge in [0.2, 0.25) is 0 Å². The molecule has 2 N–H and O–H groups in total. The first-order valence-electron chi connectivity index (χ1n) is 7.45. The smallest absolute Gasteiger partial charge is 0.191 e. The fraction of sp³-hybridized carbons (Fsp3) is 0.562. The first-order valence-corrected chi connectivity index (χ1v) is 7.45. The van der Waals surface area contributed by atoms with Crippen LogP contribution in [0.15, 0.2) is 29.3 Å². The van der Waals surface area contributed by atoms with Crippen LogP contribution in [0.25, 0.3) is 0 Å². The lowest BCUT2D eigenvalue weighted by molar-refractivity contribution is 0.401. The molecule has 1 aromatic rings. The molecular weight excluding hydrogens is 375 g/mol. The van der Waals surface area contributed by atoms with Crippen LogP contribution in [0.3, 0.4) is 0 Å². The monoisotopic (exact) mass is 402 g/mol. The molecule has 118 valence electrons. The third kappa shape index (κ3) is 6.65. The molecule has 1 fully saturated rings. The zero-order valence-corrected chi connectivity index (χ0v) is 15.6. The molecule has 0 atom stereocenters. The van der Waals surface area contributed by atoms with Crippen molar-refractivity contribution < 1.29 is 0 Å². The molecule has 0 bridgehead atoms. The number of guanidine groups is 1. The van der Waals surface area contributed by atoms with E-state index in [-0.39, 0.29) is 24.0 Å². The van der Waals surface area contributed by atoms with Crippen molar-refractivity contribution in [1.82, 2.24) is 15.5 Å². The number of hydrogen-bond donors (Lipinski definition) is 2. The van der Waals surface area contributed by atoms with Gasteiger partial charge in [0.15, 0.2) is 5.96 Å². The van der Waals surface area contributed by atoms with Gasteiger partial charge in [-0.25, -0.2) is 4.99 Å². The van der Waals surface area contributed by atoms with E-state index >= 15 is 0 Å². The lowest BCUT2D eigenvalue weighted by Gasteiger charge is -2.14. The van der Waals surface area contributed by atoms with Gasteiger partial charge in [-0.1, -0.05) is 24.3 Å². The number of nitrogens with zero attached hydrogens (tertiary/aromatic N) is 2. The first-order chi connectivity index (χ1) is 9.69. The van der Waals surface area contributed by atoms with Gasteiger partial charge in [-0.15, -0.1) is 24.0 Å². The van der Waals surface area contributed by atoms with E-state index in [1.165, 1.54) is 24.0 Å². The van der Waals surface area contributed by atoms with Crippen LogP contribution in [0.5, 0.6) is 0 Å². The molecule has 2 rings (SSSR count). The molecular formula is C16H27IN4. The van der Waals surface area contributed by atoms with E-state index in [1.54, 1.807) is 0 Å². The van der Waals surface area contributed by atoms with Crippen molar-refractivity contribution in [3.63, 3.8) is 0 Å². The molecule has 1 saturated carbocycles. The van der Waals surface area contributed by atoms with Gasteiger partial charge in [0, 0.05) is 19.1 Å². The summed E-state index contributed by atoms with van der Waals surface area (Å²) >= 11 is 0. The van der Waals surface area contributed by atoms with Crippen molar-refractivity contribution in [3.05, 3.63) is 35.4 Å². The van der Waals surface area contributed by atoms with Crippen LogP contribution >= 0.6 is 24.0 Å².